The lowest BCUT2D eigenvalue weighted by Gasteiger charge is -2.17. The van der Waals surface area contributed by atoms with E-state index in [1.165, 1.54) is 0 Å². The molecule has 2 aromatic carbocycles. The molecular formula is C19H22F2N4O. The molecule has 7 heteroatoms. The van der Waals surface area contributed by atoms with Crippen LogP contribution < -0.4 is 11.1 Å². The second-order valence-corrected chi connectivity index (χ2v) is 6.40. The highest BCUT2D eigenvalue weighted by molar-refractivity contribution is 5.92. The number of nitrogens with zero attached hydrogens (tertiary/aromatic N) is 2. The zero-order chi connectivity index (χ0) is 18.5. The SMILES string of the molecule is NC(=NCc1ccccc1CN1CCC(O)C1)Nc1cc(F)ccc1F. The fourth-order valence-electron chi connectivity index (χ4n) is 3.00. The van der Waals surface area contributed by atoms with Gasteiger partial charge >= 0.3 is 0 Å². The quantitative estimate of drug-likeness (QED) is 0.566. The molecule has 1 aliphatic heterocycles. The molecular weight excluding hydrogens is 338 g/mol. The normalized spacial score (nSPS) is 18.3. The molecule has 0 aromatic heterocycles. The average molecular weight is 360 g/mol. The van der Waals surface area contributed by atoms with E-state index in [0.29, 0.717) is 13.1 Å². The predicted octanol–water partition coefficient (Wildman–Crippen LogP) is 2.46. The number of aliphatic imine (C=N–C) groups is 1. The zero-order valence-electron chi connectivity index (χ0n) is 14.3. The van der Waals surface area contributed by atoms with E-state index >= 15 is 0 Å². The molecule has 0 aliphatic carbocycles. The molecule has 2 aromatic rings. The summed E-state index contributed by atoms with van der Waals surface area (Å²) >= 11 is 0. The van der Waals surface area contributed by atoms with Crippen LogP contribution in [0.3, 0.4) is 0 Å². The predicted molar refractivity (Wildman–Crippen MR) is 97.6 cm³/mol. The van der Waals surface area contributed by atoms with Gasteiger partial charge in [0.1, 0.15) is 11.6 Å². The van der Waals surface area contributed by atoms with E-state index in [1.54, 1.807) is 0 Å². The van der Waals surface area contributed by atoms with Crippen LogP contribution in [0.4, 0.5) is 14.5 Å². The Kier molecular flexibility index (Phi) is 5.80. The number of hydrogen-bond acceptors (Lipinski definition) is 3. The minimum atomic E-state index is -0.599. The summed E-state index contributed by atoms with van der Waals surface area (Å²) in [7, 11) is 0. The van der Waals surface area contributed by atoms with Gasteiger partial charge in [-0.1, -0.05) is 24.3 Å². The number of β-amino-alcohol motifs (C(OH)–C–C–N with tert-alkyl or cyclic N) is 1. The zero-order valence-corrected chi connectivity index (χ0v) is 14.3. The minimum absolute atomic E-state index is 0.0147. The maximum atomic E-state index is 13.7. The Morgan fingerprint density at radius 2 is 2.00 bits per heavy atom. The van der Waals surface area contributed by atoms with Gasteiger partial charge in [0.15, 0.2) is 5.96 Å². The van der Waals surface area contributed by atoms with Gasteiger partial charge in [-0.25, -0.2) is 13.8 Å². The Morgan fingerprint density at radius 1 is 1.23 bits per heavy atom. The average Bonchev–Trinajstić information content (AvgIpc) is 3.02. The molecule has 4 N–H and O–H groups in total. The summed E-state index contributed by atoms with van der Waals surface area (Å²) in [5, 5.41) is 12.2. The van der Waals surface area contributed by atoms with E-state index in [9.17, 15) is 13.9 Å². The third-order valence-corrected chi connectivity index (χ3v) is 4.37. The van der Waals surface area contributed by atoms with Crippen LogP contribution in [-0.4, -0.2) is 35.2 Å². The lowest BCUT2D eigenvalue weighted by atomic mass is 10.1. The van der Waals surface area contributed by atoms with Crippen molar-refractivity contribution in [3.63, 3.8) is 0 Å². The molecule has 1 saturated heterocycles. The van der Waals surface area contributed by atoms with Crippen LogP contribution in [-0.2, 0) is 13.1 Å². The molecule has 1 aliphatic rings. The third kappa shape index (κ3) is 4.77. The second kappa shape index (κ2) is 8.25. The molecule has 3 rings (SSSR count). The van der Waals surface area contributed by atoms with Crippen molar-refractivity contribution in [2.45, 2.75) is 25.6 Å². The molecule has 0 spiro atoms. The van der Waals surface area contributed by atoms with Crippen molar-refractivity contribution in [1.29, 1.82) is 0 Å². The number of guanidine groups is 1. The highest BCUT2D eigenvalue weighted by Gasteiger charge is 2.20. The molecule has 26 heavy (non-hydrogen) atoms. The maximum Gasteiger partial charge on any atom is 0.193 e. The summed E-state index contributed by atoms with van der Waals surface area (Å²) in [6.07, 6.45) is 0.525. The summed E-state index contributed by atoms with van der Waals surface area (Å²) in [5.74, 6) is -1.14. The Balaban J connectivity index is 1.66. The monoisotopic (exact) mass is 360 g/mol. The van der Waals surface area contributed by atoms with Crippen LogP contribution in [0, 0.1) is 11.6 Å². The Bertz CT molecular complexity index is 797. The van der Waals surface area contributed by atoms with Crippen molar-refractivity contribution < 1.29 is 13.9 Å². The number of nitrogens with one attached hydrogen (secondary N) is 1. The number of hydrogen-bond donors (Lipinski definition) is 3. The summed E-state index contributed by atoms with van der Waals surface area (Å²) in [6.45, 7) is 2.58. The van der Waals surface area contributed by atoms with E-state index in [0.717, 1.165) is 48.8 Å². The van der Waals surface area contributed by atoms with Crippen molar-refractivity contribution in [3.05, 3.63) is 65.2 Å². The number of nitrogens with two attached hydrogens (primary N) is 1. The van der Waals surface area contributed by atoms with Gasteiger partial charge in [-0.15, -0.1) is 0 Å². The fourth-order valence-corrected chi connectivity index (χ4v) is 3.00. The first-order valence-electron chi connectivity index (χ1n) is 8.50. The van der Waals surface area contributed by atoms with Crippen molar-refractivity contribution in [2.75, 3.05) is 18.4 Å². The van der Waals surface area contributed by atoms with Gasteiger partial charge in [-0.05, 0) is 29.7 Å². The smallest absolute Gasteiger partial charge is 0.193 e. The van der Waals surface area contributed by atoms with Gasteiger partial charge in [-0.2, -0.15) is 0 Å². The second-order valence-electron chi connectivity index (χ2n) is 6.40. The van der Waals surface area contributed by atoms with E-state index in [4.69, 9.17) is 5.73 Å². The van der Waals surface area contributed by atoms with Crippen molar-refractivity contribution in [3.8, 4) is 0 Å². The Morgan fingerprint density at radius 3 is 2.73 bits per heavy atom. The Labute approximate surface area is 151 Å². The number of benzene rings is 2. The van der Waals surface area contributed by atoms with Crippen LogP contribution in [0.15, 0.2) is 47.5 Å². The van der Waals surface area contributed by atoms with E-state index in [-0.39, 0.29) is 17.8 Å². The number of anilines is 1. The van der Waals surface area contributed by atoms with Crippen LogP contribution in [0.5, 0.6) is 0 Å². The van der Waals surface area contributed by atoms with Gasteiger partial charge in [0.2, 0.25) is 0 Å². The van der Waals surface area contributed by atoms with Crippen molar-refractivity contribution in [2.24, 2.45) is 10.7 Å². The largest absolute Gasteiger partial charge is 0.392 e. The van der Waals surface area contributed by atoms with Crippen molar-refractivity contribution in [1.82, 2.24) is 4.90 Å². The molecule has 138 valence electrons. The minimum Gasteiger partial charge on any atom is -0.392 e. The van der Waals surface area contributed by atoms with Crippen LogP contribution in [0.1, 0.15) is 17.5 Å². The third-order valence-electron chi connectivity index (χ3n) is 4.37. The molecule has 0 saturated carbocycles. The molecule has 1 unspecified atom stereocenters. The lowest BCUT2D eigenvalue weighted by molar-refractivity contribution is 0.174. The standard InChI is InChI=1S/C19H22F2N4O/c20-15-5-6-17(21)18(9-15)24-19(22)23-10-13-3-1-2-4-14(13)11-25-8-7-16(26)12-25/h1-6,9,16,26H,7-8,10-12H2,(H3,22,23,24). The lowest BCUT2D eigenvalue weighted by Crippen LogP contribution is -2.24. The topological polar surface area (TPSA) is 73.9 Å². The highest BCUT2D eigenvalue weighted by atomic mass is 19.1. The van der Waals surface area contributed by atoms with Crippen LogP contribution in [0.2, 0.25) is 0 Å². The maximum absolute atomic E-state index is 13.7. The first kappa shape index (κ1) is 18.3. The van der Waals surface area contributed by atoms with E-state index in [2.05, 4.69) is 15.2 Å². The van der Waals surface area contributed by atoms with Gasteiger partial charge in [0.25, 0.3) is 0 Å². The summed E-state index contributed by atoms with van der Waals surface area (Å²) in [4.78, 5) is 6.43. The summed E-state index contributed by atoms with van der Waals surface area (Å²) in [5.41, 5.74) is 7.87. The van der Waals surface area contributed by atoms with E-state index in [1.807, 2.05) is 24.3 Å². The molecule has 0 amide bonds. The Hall–Kier alpha value is -2.51. The van der Waals surface area contributed by atoms with Crippen LogP contribution >= 0.6 is 0 Å². The number of rotatable bonds is 5. The van der Waals surface area contributed by atoms with Gasteiger partial charge in [-0.3, -0.25) is 4.90 Å². The van der Waals surface area contributed by atoms with Crippen molar-refractivity contribution >= 4 is 11.6 Å². The first-order valence-corrected chi connectivity index (χ1v) is 8.50. The van der Waals surface area contributed by atoms with Gasteiger partial charge in [0.05, 0.1) is 18.3 Å². The molecule has 1 fully saturated rings. The molecule has 5 nitrogen and oxygen atoms in total. The summed E-state index contributed by atoms with van der Waals surface area (Å²) in [6, 6.07) is 11.0. The first-order chi connectivity index (χ1) is 12.5. The van der Waals surface area contributed by atoms with Crippen LogP contribution in [0.25, 0.3) is 0 Å². The van der Waals surface area contributed by atoms with Gasteiger partial charge in [0, 0.05) is 25.7 Å². The molecule has 1 atom stereocenters. The number of aliphatic hydroxyl groups excluding tert-OH is 1. The molecule has 0 bridgehead atoms. The number of likely N-dealkylation sites (tertiary alicyclic amines) is 1. The number of aliphatic hydroxyl groups is 1. The van der Waals surface area contributed by atoms with Gasteiger partial charge < -0.3 is 16.2 Å². The van der Waals surface area contributed by atoms with E-state index < -0.39 is 11.6 Å². The molecule has 1 heterocycles. The molecule has 0 radical (unpaired) electrons. The summed E-state index contributed by atoms with van der Waals surface area (Å²) < 4.78 is 26.9. The fraction of sp³-hybridized carbons (Fsp3) is 0.316. The highest BCUT2D eigenvalue weighted by Crippen LogP contribution is 2.18. The number of halogens is 2.